The molecule has 40 heavy (non-hydrogen) atoms. The highest BCUT2D eigenvalue weighted by molar-refractivity contribution is 5.92. The average molecular weight is 552 g/mol. The number of benzene rings is 2. The predicted molar refractivity (Wildman–Crippen MR) is 158 cm³/mol. The summed E-state index contributed by atoms with van der Waals surface area (Å²) in [4.78, 5) is 42.5. The molecule has 3 N–H and O–H groups in total. The van der Waals surface area contributed by atoms with Gasteiger partial charge in [0.25, 0.3) is 0 Å². The Kier molecular flexibility index (Phi) is 11.8. The maximum atomic E-state index is 14.3. The lowest BCUT2D eigenvalue weighted by atomic mass is 9.94. The largest absolute Gasteiger partial charge is 0.508 e. The molecule has 0 spiro atoms. The van der Waals surface area contributed by atoms with Crippen LogP contribution in [0.3, 0.4) is 0 Å². The molecule has 2 aromatic carbocycles. The number of nitrogens with zero attached hydrogens (tertiary/aromatic N) is 1. The number of aromatic hydroxyl groups is 1. The summed E-state index contributed by atoms with van der Waals surface area (Å²) in [5, 5.41) is 15.5. The van der Waals surface area contributed by atoms with Crippen LogP contribution in [-0.4, -0.2) is 52.1 Å². The molecule has 0 radical (unpaired) electrons. The van der Waals surface area contributed by atoms with Crippen LogP contribution < -0.4 is 10.6 Å². The number of carbonyl (C=O) groups excluding carboxylic acids is 3. The van der Waals surface area contributed by atoms with E-state index < -0.39 is 29.7 Å². The second-order valence-electron chi connectivity index (χ2n) is 11.2. The van der Waals surface area contributed by atoms with E-state index in [2.05, 4.69) is 24.1 Å². The second-order valence-corrected chi connectivity index (χ2v) is 11.2. The number of phenols is 1. The standard InChI is InChI=1S/C32H45N3O5/c1-9-12-22(4)33-29(37)28(26-14-11-13-21(3)23(26)5)35(19-10-2)30(38)27(34-31(39)40-32(6,7)8)20-24-15-17-25(36)18-16-24/h10-11,13-18,22,27-28,36H,2,9,12,19-20H2,1,3-8H3,(H,33,37)(H,34,39). The molecule has 0 aromatic heterocycles. The van der Waals surface area contributed by atoms with Gasteiger partial charge in [-0.15, -0.1) is 6.58 Å². The van der Waals surface area contributed by atoms with Crippen LogP contribution in [0.25, 0.3) is 0 Å². The lowest BCUT2D eigenvalue weighted by molar-refractivity contribution is -0.142. The van der Waals surface area contributed by atoms with Crippen molar-refractivity contribution in [1.82, 2.24) is 15.5 Å². The van der Waals surface area contributed by atoms with Crippen LogP contribution in [0.4, 0.5) is 4.79 Å². The SMILES string of the molecule is C=CCN(C(=O)C(Cc1ccc(O)cc1)NC(=O)OC(C)(C)C)C(C(=O)NC(C)CCC)c1cccc(C)c1C. The number of ether oxygens (including phenoxy) is 1. The molecule has 2 rings (SSSR count). The fourth-order valence-electron chi connectivity index (χ4n) is 4.53. The molecule has 3 unspecified atom stereocenters. The first-order valence-corrected chi connectivity index (χ1v) is 13.8. The quantitative estimate of drug-likeness (QED) is 0.302. The molecule has 0 saturated heterocycles. The first-order chi connectivity index (χ1) is 18.8. The van der Waals surface area contributed by atoms with Gasteiger partial charge < -0.3 is 25.4 Å². The minimum absolute atomic E-state index is 0.0779. The summed E-state index contributed by atoms with van der Waals surface area (Å²) < 4.78 is 5.46. The average Bonchev–Trinajstić information content (AvgIpc) is 2.85. The van der Waals surface area contributed by atoms with Crippen molar-refractivity contribution in [2.75, 3.05) is 6.54 Å². The molecule has 8 nitrogen and oxygen atoms in total. The number of carbonyl (C=O) groups is 3. The van der Waals surface area contributed by atoms with E-state index in [4.69, 9.17) is 4.74 Å². The second kappa shape index (κ2) is 14.5. The third kappa shape index (κ3) is 9.43. The van der Waals surface area contributed by atoms with Gasteiger partial charge in [-0.25, -0.2) is 4.79 Å². The number of hydrogen-bond acceptors (Lipinski definition) is 5. The minimum atomic E-state index is -1.05. The molecule has 2 aromatic rings. The van der Waals surface area contributed by atoms with Crippen molar-refractivity contribution in [3.8, 4) is 5.75 Å². The third-order valence-corrected chi connectivity index (χ3v) is 6.59. The molecule has 0 aliphatic carbocycles. The van der Waals surface area contributed by atoms with Crippen molar-refractivity contribution in [3.63, 3.8) is 0 Å². The topological polar surface area (TPSA) is 108 Å². The molecule has 0 saturated carbocycles. The Morgan fingerprint density at radius 2 is 1.73 bits per heavy atom. The smallest absolute Gasteiger partial charge is 0.408 e. The maximum Gasteiger partial charge on any atom is 0.408 e. The van der Waals surface area contributed by atoms with Gasteiger partial charge in [-0.05, 0) is 82.3 Å². The van der Waals surface area contributed by atoms with E-state index in [1.807, 2.05) is 39.0 Å². The Hall–Kier alpha value is -3.81. The Balaban J connectivity index is 2.59. The molecule has 8 heteroatoms. The summed E-state index contributed by atoms with van der Waals surface area (Å²) in [5.74, 6) is -0.665. The molecule has 3 amide bonds. The lowest BCUT2D eigenvalue weighted by Crippen LogP contribution is -2.54. The number of aryl methyl sites for hydroxylation is 1. The molecule has 3 atom stereocenters. The highest BCUT2D eigenvalue weighted by Gasteiger charge is 2.37. The summed E-state index contributed by atoms with van der Waals surface area (Å²) in [6.45, 7) is 17.0. The lowest BCUT2D eigenvalue weighted by Gasteiger charge is -2.35. The van der Waals surface area contributed by atoms with E-state index in [0.29, 0.717) is 5.56 Å². The molecule has 0 bridgehead atoms. The number of hydrogen-bond donors (Lipinski definition) is 3. The van der Waals surface area contributed by atoms with Crippen molar-refractivity contribution in [1.29, 1.82) is 0 Å². The molecule has 0 aliphatic heterocycles. The van der Waals surface area contributed by atoms with Crippen molar-refractivity contribution < 1.29 is 24.2 Å². The van der Waals surface area contributed by atoms with Gasteiger partial charge in [0.2, 0.25) is 11.8 Å². The molecule has 0 aliphatic rings. The highest BCUT2D eigenvalue weighted by atomic mass is 16.6. The van der Waals surface area contributed by atoms with E-state index in [1.54, 1.807) is 39.0 Å². The number of alkyl carbamates (subject to hydrolysis) is 1. The van der Waals surface area contributed by atoms with E-state index >= 15 is 0 Å². The van der Waals surface area contributed by atoms with Gasteiger partial charge in [-0.1, -0.05) is 49.8 Å². The van der Waals surface area contributed by atoms with Gasteiger partial charge >= 0.3 is 6.09 Å². The number of nitrogens with one attached hydrogen (secondary N) is 2. The van der Waals surface area contributed by atoms with E-state index in [1.165, 1.54) is 17.0 Å². The van der Waals surface area contributed by atoms with Gasteiger partial charge in [-0.2, -0.15) is 0 Å². The highest BCUT2D eigenvalue weighted by Crippen LogP contribution is 2.28. The van der Waals surface area contributed by atoms with Crippen LogP contribution in [0.1, 0.15) is 75.8 Å². The van der Waals surface area contributed by atoms with Gasteiger partial charge in [0.15, 0.2) is 0 Å². The summed E-state index contributed by atoms with van der Waals surface area (Å²) in [5.41, 5.74) is 2.55. The predicted octanol–water partition coefficient (Wildman–Crippen LogP) is 5.51. The number of rotatable bonds is 12. The Morgan fingerprint density at radius 3 is 2.30 bits per heavy atom. The Morgan fingerprint density at radius 1 is 1.07 bits per heavy atom. The monoisotopic (exact) mass is 551 g/mol. The van der Waals surface area contributed by atoms with Crippen LogP contribution in [0.2, 0.25) is 0 Å². The fourth-order valence-corrected chi connectivity index (χ4v) is 4.53. The Labute approximate surface area is 238 Å². The number of phenolic OH excluding ortho intramolecular Hbond substituents is 1. The zero-order valence-electron chi connectivity index (χ0n) is 24.9. The summed E-state index contributed by atoms with van der Waals surface area (Å²) in [6, 6.07) is 10.0. The van der Waals surface area contributed by atoms with E-state index in [-0.39, 0.29) is 30.7 Å². The van der Waals surface area contributed by atoms with Crippen LogP contribution in [0, 0.1) is 13.8 Å². The molecule has 0 heterocycles. The Bertz CT molecular complexity index is 1170. The van der Waals surface area contributed by atoms with Crippen LogP contribution in [-0.2, 0) is 20.7 Å². The van der Waals surface area contributed by atoms with Crippen molar-refractivity contribution in [3.05, 3.63) is 77.4 Å². The summed E-state index contributed by atoms with van der Waals surface area (Å²) in [6.07, 6.45) is 2.65. The third-order valence-electron chi connectivity index (χ3n) is 6.59. The van der Waals surface area contributed by atoms with Gasteiger partial charge in [0.1, 0.15) is 23.4 Å². The normalized spacial score (nSPS) is 13.5. The first kappa shape index (κ1) is 32.4. The molecular weight excluding hydrogens is 506 g/mol. The molecule has 218 valence electrons. The fraction of sp³-hybridized carbons (Fsp3) is 0.469. The van der Waals surface area contributed by atoms with Gasteiger partial charge in [0, 0.05) is 19.0 Å². The van der Waals surface area contributed by atoms with E-state index in [0.717, 1.165) is 29.5 Å². The molecule has 0 fully saturated rings. The van der Waals surface area contributed by atoms with Crippen LogP contribution in [0.5, 0.6) is 5.75 Å². The van der Waals surface area contributed by atoms with Gasteiger partial charge in [-0.3, -0.25) is 9.59 Å². The maximum absolute atomic E-state index is 14.3. The van der Waals surface area contributed by atoms with Gasteiger partial charge in [0.05, 0.1) is 0 Å². The number of amides is 3. The zero-order chi connectivity index (χ0) is 30.0. The summed E-state index contributed by atoms with van der Waals surface area (Å²) in [7, 11) is 0. The minimum Gasteiger partial charge on any atom is -0.508 e. The zero-order valence-corrected chi connectivity index (χ0v) is 24.9. The first-order valence-electron chi connectivity index (χ1n) is 13.8. The van der Waals surface area contributed by atoms with Crippen LogP contribution in [0.15, 0.2) is 55.1 Å². The van der Waals surface area contributed by atoms with Crippen molar-refractivity contribution in [2.45, 2.75) is 91.5 Å². The summed E-state index contributed by atoms with van der Waals surface area (Å²) >= 11 is 0. The van der Waals surface area contributed by atoms with Crippen molar-refractivity contribution >= 4 is 17.9 Å². The van der Waals surface area contributed by atoms with Crippen LogP contribution >= 0.6 is 0 Å². The van der Waals surface area contributed by atoms with E-state index in [9.17, 15) is 19.5 Å². The van der Waals surface area contributed by atoms with Crippen molar-refractivity contribution in [2.24, 2.45) is 0 Å². The molecular formula is C32H45N3O5.